The molecule has 8 heteroatoms. The molecular weight excluding hydrogens is 478 g/mol. The first-order chi connectivity index (χ1) is 15.0. The normalized spacial score (nSPS) is 10.7. The van der Waals surface area contributed by atoms with Crippen molar-refractivity contribution in [2.45, 2.75) is 6.92 Å². The van der Waals surface area contributed by atoms with Crippen LogP contribution in [0.3, 0.4) is 0 Å². The van der Waals surface area contributed by atoms with Crippen LogP contribution in [-0.4, -0.2) is 23.1 Å². The van der Waals surface area contributed by atoms with Gasteiger partial charge in [0.25, 0.3) is 5.91 Å². The van der Waals surface area contributed by atoms with Crippen molar-refractivity contribution in [2.75, 3.05) is 12.4 Å². The summed E-state index contributed by atoms with van der Waals surface area (Å²) in [5, 5.41) is 5.97. The number of fused-ring (bicyclic) bond motifs is 1. The zero-order chi connectivity index (χ0) is 22.0. The number of carbonyl (C=O) groups is 1. The SMILES string of the molecule is COc1ccc(C(=O)NC(=S)Nc2cccc(-c3nc4ccccc4o3)c2C)cc1Br. The molecule has 0 saturated carbocycles. The minimum Gasteiger partial charge on any atom is -0.496 e. The van der Waals surface area contributed by atoms with E-state index in [9.17, 15) is 4.79 Å². The van der Waals surface area contributed by atoms with E-state index < -0.39 is 0 Å². The van der Waals surface area contributed by atoms with E-state index in [1.54, 1.807) is 25.3 Å². The van der Waals surface area contributed by atoms with E-state index in [4.69, 9.17) is 21.4 Å². The molecule has 2 N–H and O–H groups in total. The zero-order valence-corrected chi connectivity index (χ0v) is 19.1. The van der Waals surface area contributed by atoms with Gasteiger partial charge in [-0.2, -0.15) is 0 Å². The van der Waals surface area contributed by atoms with Crippen molar-refractivity contribution in [3.8, 4) is 17.2 Å². The summed E-state index contributed by atoms with van der Waals surface area (Å²) in [5.41, 5.74) is 4.47. The number of hydrogen-bond acceptors (Lipinski definition) is 5. The summed E-state index contributed by atoms with van der Waals surface area (Å²) in [6, 6.07) is 18.4. The summed E-state index contributed by atoms with van der Waals surface area (Å²) in [4.78, 5) is 17.1. The van der Waals surface area contributed by atoms with Crippen LogP contribution in [0, 0.1) is 6.92 Å². The Morgan fingerprint density at radius 2 is 1.94 bits per heavy atom. The smallest absolute Gasteiger partial charge is 0.257 e. The number of benzene rings is 3. The highest BCUT2D eigenvalue weighted by atomic mass is 79.9. The lowest BCUT2D eigenvalue weighted by atomic mass is 10.1. The van der Waals surface area contributed by atoms with E-state index in [2.05, 4.69) is 31.5 Å². The van der Waals surface area contributed by atoms with E-state index in [1.165, 1.54) is 0 Å². The monoisotopic (exact) mass is 495 g/mol. The van der Waals surface area contributed by atoms with Gasteiger partial charge in [0.2, 0.25) is 5.89 Å². The molecule has 4 rings (SSSR count). The van der Waals surface area contributed by atoms with Crippen LogP contribution in [0.25, 0.3) is 22.6 Å². The molecule has 0 aliphatic rings. The second kappa shape index (κ2) is 8.87. The molecule has 4 aromatic rings. The number of carbonyl (C=O) groups excluding carboxylic acids is 1. The number of thiocarbonyl (C=S) groups is 1. The molecule has 0 radical (unpaired) electrons. The molecule has 31 heavy (non-hydrogen) atoms. The summed E-state index contributed by atoms with van der Waals surface area (Å²) in [7, 11) is 1.57. The Kier molecular flexibility index (Phi) is 6.01. The highest BCUT2D eigenvalue weighted by molar-refractivity contribution is 9.10. The van der Waals surface area contributed by atoms with Crippen LogP contribution in [0.15, 0.2) is 69.6 Å². The lowest BCUT2D eigenvalue weighted by Gasteiger charge is -2.14. The second-order valence-electron chi connectivity index (χ2n) is 6.72. The highest BCUT2D eigenvalue weighted by Crippen LogP contribution is 2.30. The Bertz CT molecular complexity index is 1270. The number of para-hydroxylation sites is 2. The van der Waals surface area contributed by atoms with Gasteiger partial charge in [0.15, 0.2) is 10.7 Å². The molecule has 0 aliphatic heterocycles. The fourth-order valence-electron chi connectivity index (χ4n) is 3.13. The number of halogens is 1. The minimum atomic E-state index is -0.325. The number of nitrogens with zero attached hydrogens (tertiary/aromatic N) is 1. The predicted octanol–water partition coefficient (Wildman–Crippen LogP) is 5.70. The minimum absolute atomic E-state index is 0.190. The van der Waals surface area contributed by atoms with Crippen LogP contribution >= 0.6 is 28.1 Å². The number of oxazole rings is 1. The van der Waals surface area contributed by atoms with E-state index >= 15 is 0 Å². The van der Waals surface area contributed by atoms with Crippen molar-refractivity contribution in [3.63, 3.8) is 0 Å². The Balaban J connectivity index is 1.51. The van der Waals surface area contributed by atoms with Crippen LogP contribution in [-0.2, 0) is 0 Å². The topological polar surface area (TPSA) is 76.4 Å². The van der Waals surface area contributed by atoms with Crippen LogP contribution in [0.5, 0.6) is 5.75 Å². The third kappa shape index (κ3) is 4.45. The molecule has 0 spiro atoms. The van der Waals surface area contributed by atoms with Gasteiger partial charge in [-0.3, -0.25) is 10.1 Å². The molecule has 1 amide bonds. The van der Waals surface area contributed by atoms with Gasteiger partial charge >= 0.3 is 0 Å². The number of hydrogen-bond donors (Lipinski definition) is 2. The summed E-state index contributed by atoms with van der Waals surface area (Å²) in [6.45, 7) is 1.94. The summed E-state index contributed by atoms with van der Waals surface area (Å²) >= 11 is 8.73. The molecule has 6 nitrogen and oxygen atoms in total. The molecule has 0 aliphatic carbocycles. The standard InChI is InChI=1S/C23H18BrN3O3S/c1-13-15(22-25-18-7-3-4-9-20(18)30-22)6-5-8-17(13)26-23(31)27-21(28)14-10-11-19(29-2)16(24)12-14/h3-12H,1-2H3,(H2,26,27,28,31). The number of aromatic nitrogens is 1. The molecule has 3 aromatic carbocycles. The van der Waals surface area contributed by atoms with E-state index in [0.29, 0.717) is 21.7 Å². The van der Waals surface area contributed by atoms with Crippen LogP contribution in [0.1, 0.15) is 15.9 Å². The molecule has 0 fully saturated rings. The third-order valence-electron chi connectivity index (χ3n) is 4.75. The number of methoxy groups -OCH3 is 1. The van der Waals surface area contributed by atoms with Gasteiger partial charge in [-0.25, -0.2) is 4.98 Å². The van der Waals surface area contributed by atoms with Crippen molar-refractivity contribution >= 4 is 56.0 Å². The number of rotatable bonds is 4. The van der Waals surface area contributed by atoms with Crippen LogP contribution in [0.4, 0.5) is 5.69 Å². The zero-order valence-electron chi connectivity index (χ0n) is 16.7. The average molecular weight is 496 g/mol. The van der Waals surface area contributed by atoms with E-state index in [0.717, 1.165) is 27.9 Å². The maximum atomic E-state index is 12.5. The summed E-state index contributed by atoms with van der Waals surface area (Å²) in [5.74, 6) is 0.845. The molecule has 0 bridgehead atoms. The molecule has 0 saturated heterocycles. The molecule has 1 aromatic heterocycles. The number of ether oxygens (including phenoxy) is 1. The first kappa shape index (κ1) is 21.0. The highest BCUT2D eigenvalue weighted by Gasteiger charge is 2.15. The molecule has 156 valence electrons. The van der Waals surface area contributed by atoms with Gasteiger partial charge in [0.05, 0.1) is 11.6 Å². The van der Waals surface area contributed by atoms with Gasteiger partial charge < -0.3 is 14.5 Å². The molecule has 0 unspecified atom stereocenters. The van der Waals surface area contributed by atoms with Gasteiger partial charge in [-0.05, 0) is 83.1 Å². The summed E-state index contributed by atoms with van der Waals surface area (Å²) < 4.78 is 11.8. The van der Waals surface area contributed by atoms with Crippen molar-refractivity contribution in [1.29, 1.82) is 0 Å². The number of anilines is 1. The Hall–Kier alpha value is -3.23. The maximum absolute atomic E-state index is 12.5. The molecular formula is C23H18BrN3O3S. The van der Waals surface area contributed by atoms with Gasteiger partial charge in [-0.15, -0.1) is 0 Å². The quantitative estimate of drug-likeness (QED) is 0.353. The van der Waals surface area contributed by atoms with E-state index in [1.807, 2.05) is 49.4 Å². The third-order valence-corrected chi connectivity index (χ3v) is 5.57. The first-order valence-electron chi connectivity index (χ1n) is 9.37. The van der Waals surface area contributed by atoms with Crippen molar-refractivity contribution < 1.29 is 13.9 Å². The summed E-state index contributed by atoms with van der Waals surface area (Å²) in [6.07, 6.45) is 0. The Morgan fingerprint density at radius 1 is 1.13 bits per heavy atom. The number of amides is 1. The average Bonchev–Trinajstić information content (AvgIpc) is 3.19. The molecule has 1 heterocycles. The Morgan fingerprint density at radius 3 is 2.68 bits per heavy atom. The fraction of sp³-hybridized carbons (Fsp3) is 0.0870. The van der Waals surface area contributed by atoms with Gasteiger partial charge in [0.1, 0.15) is 11.3 Å². The van der Waals surface area contributed by atoms with Gasteiger partial charge in [0, 0.05) is 16.8 Å². The van der Waals surface area contributed by atoms with E-state index in [-0.39, 0.29) is 11.0 Å². The van der Waals surface area contributed by atoms with Crippen molar-refractivity contribution in [1.82, 2.24) is 10.3 Å². The van der Waals surface area contributed by atoms with Crippen LogP contribution < -0.4 is 15.4 Å². The largest absolute Gasteiger partial charge is 0.496 e. The molecule has 0 atom stereocenters. The van der Waals surface area contributed by atoms with Crippen molar-refractivity contribution in [2.24, 2.45) is 0 Å². The van der Waals surface area contributed by atoms with Gasteiger partial charge in [-0.1, -0.05) is 18.2 Å². The van der Waals surface area contributed by atoms with Crippen LogP contribution in [0.2, 0.25) is 0 Å². The van der Waals surface area contributed by atoms with Crippen molar-refractivity contribution in [3.05, 3.63) is 76.3 Å². The predicted molar refractivity (Wildman–Crippen MR) is 129 cm³/mol. The lowest BCUT2D eigenvalue weighted by Crippen LogP contribution is -2.34. The lowest BCUT2D eigenvalue weighted by molar-refractivity contribution is 0.0977. The second-order valence-corrected chi connectivity index (χ2v) is 7.99. The fourth-order valence-corrected chi connectivity index (χ4v) is 3.87. The first-order valence-corrected chi connectivity index (χ1v) is 10.6. The number of nitrogens with one attached hydrogen (secondary N) is 2. The Labute approximate surface area is 192 Å². The maximum Gasteiger partial charge on any atom is 0.257 e.